The van der Waals surface area contributed by atoms with Gasteiger partial charge in [-0.05, 0) is 50.0 Å². The zero-order valence-electron chi connectivity index (χ0n) is 13.4. The van der Waals surface area contributed by atoms with Gasteiger partial charge in [0.15, 0.2) is 10.6 Å². The fraction of sp³-hybridized carbons (Fsp3) is 0.500. The molecule has 2 fully saturated rings. The predicted molar refractivity (Wildman–Crippen MR) is 92.5 cm³/mol. The zero-order chi connectivity index (χ0) is 16.5. The van der Waals surface area contributed by atoms with Crippen molar-refractivity contribution in [2.24, 2.45) is 0 Å². The zero-order valence-corrected chi connectivity index (χ0v) is 14.2. The quantitative estimate of drug-likeness (QED) is 0.813. The van der Waals surface area contributed by atoms with Crippen molar-refractivity contribution in [1.29, 1.82) is 0 Å². The van der Waals surface area contributed by atoms with Crippen LogP contribution in [0.2, 0.25) is 0 Å². The lowest BCUT2D eigenvalue weighted by molar-refractivity contribution is 0.0949. The molecular formula is C16H20N6OS. The Morgan fingerprint density at radius 1 is 1.38 bits per heavy atom. The van der Waals surface area contributed by atoms with Gasteiger partial charge in [-0.2, -0.15) is 5.10 Å². The van der Waals surface area contributed by atoms with E-state index in [1.54, 1.807) is 12.3 Å². The van der Waals surface area contributed by atoms with Gasteiger partial charge in [0, 0.05) is 25.3 Å². The van der Waals surface area contributed by atoms with E-state index in [2.05, 4.69) is 25.4 Å². The summed E-state index contributed by atoms with van der Waals surface area (Å²) in [7, 11) is 0. The minimum atomic E-state index is -0.124. The lowest BCUT2D eigenvalue weighted by Crippen LogP contribution is -2.28. The fourth-order valence-corrected chi connectivity index (χ4v) is 3.48. The monoisotopic (exact) mass is 344 g/mol. The molecule has 0 aromatic carbocycles. The van der Waals surface area contributed by atoms with Crippen LogP contribution >= 0.6 is 12.2 Å². The molecule has 4 rings (SSSR count). The second-order valence-electron chi connectivity index (χ2n) is 6.30. The maximum Gasteiger partial charge on any atom is 0.255 e. The van der Waals surface area contributed by atoms with Gasteiger partial charge in [0.2, 0.25) is 0 Å². The number of carbonyl (C=O) groups is 1. The highest BCUT2D eigenvalue weighted by Gasteiger charge is 2.27. The molecule has 0 bridgehead atoms. The first-order valence-corrected chi connectivity index (χ1v) is 8.79. The average molecular weight is 344 g/mol. The summed E-state index contributed by atoms with van der Waals surface area (Å²) in [6.07, 6.45) is 6.28. The van der Waals surface area contributed by atoms with Gasteiger partial charge < -0.3 is 10.2 Å². The highest BCUT2D eigenvalue weighted by Crippen LogP contribution is 2.35. The van der Waals surface area contributed by atoms with Crippen molar-refractivity contribution in [2.45, 2.75) is 38.3 Å². The van der Waals surface area contributed by atoms with Gasteiger partial charge in [0.1, 0.15) is 5.82 Å². The number of hydrogen-bond acceptors (Lipinski definition) is 5. The summed E-state index contributed by atoms with van der Waals surface area (Å²) in [6.45, 7) is 2.27. The van der Waals surface area contributed by atoms with Crippen molar-refractivity contribution in [1.82, 2.24) is 25.1 Å². The molecule has 1 aliphatic carbocycles. The average Bonchev–Trinajstić information content (AvgIpc) is 3.15. The number of aromatic nitrogens is 4. The summed E-state index contributed by atoms with van der Waals surface area (Å²) in [6, 6.07) is 4.06. The molecule has 2 aromatic heterocycles. The fourth-order valence-electron chi connectivity index (χ4n) is 3.18. The number of carbonyl (C=O) groups excluding carboxylic acids is 1. The van der Waals surface area contributed by atoms with Gasteiger partial charge >= 0.3 is 0 Å². The molecule has 0 atom stereocenters. The molecule has 2 aliphatic rings. The van der Waals surface area contributed by atoms with Crippen LogP contribution in [0.4, 0.5) is 5.82 Å². The maximum absolute atomic E-state index is 12.6. The highest BCUT2D eigenvalue weighted by atomic mass is 32.1. The van der Waals surface area contributed by atoms with Crippen LogP contribution in [-0.4, -0.2) is 38.7 Å². The Labute approximate surface area is 145 Å². The number of pyridine rings is 1. The molecule has 7 nitrogen and oxygen atoms in total. The van der Waals surface area contributed by atoms with Crippen molar-refractivity contribution in [3.63, 3.8) is 0 Å². The topological polar surface area (TPSA) is 78.8 Å². The van der Waals surface area contributed by atoms with Gasteiger partial charge in [0.05, 0.1) is 12.1 Å². The predicted octanol–water partition coefficient (Wildman–Crippen LogP) is 2.20. The van der Waals surface area contributed by atoms with Gasteiger partial charge in [-0.25, -0.2) is 4.98 Å². The van der Waals surface area contributed by atoms with E-state index in [4.69, 9.17) is 12.2 Å². The van der Waals surface area contributed by atoms with E-state index in [-0.39, 0.29) is 5.91 Å². The molecular weight excluding hydrogens is 324 g/mol. The molecule has 1 saturated carbocycles. The summed E-state index contributed by atoms with van der Waals surface area (Å²) < 4.78 is 2.64. The highest BCUT2D eigenvalue weighted by molar-refractivity contribution is 7.71. The summed E-state index contributed by atoms with van der Waals surface area (Å²) >= 11 is 5.27. The Kier molecular flexibility index (Phi) is 4.05. The van der Waals surface area contributed by atoms with E-state index in [0.717, 1.165) is 50.4 Å². The molecule has 3 heterocycles. The first-order valence-electron chi connectivity index (χ1n) is 8.38. The van der Waals surface area contributed by atoms with Gasteiger partial charge in [-0.1, -0.05) is 0 Å². The number of aromatic amines is 1. The smallest absolute Gasteiger partial charge is 0.255 e. The molecule has 24 heavy (non-hydrogen) atoms. The number of anilines is 1. The first-order chi connectivity index (χ1) is 11.7. The van der Waals surface area contributed by atoms with Crippen LogP contribution in [0.15, 0.2) is 18.3 Å². The standard InChI is InChI=1S/C16H20N6OS/c23-15(12-4-3-7-17-14(12)21-8-1-2-9-21)18-10-13-19-20-16(24)22(13)11-5-6-11/h3-4,7,11H,1-2,5-6,8-10H2,(H,18,23)(H,20,24). The number of rotatable bonds is 5. The van der Waals surface area contributed by atoms with Crippen LogP contribution in [-0.2, 0) is 6.54 Å². The largest absolute Gasteiger partial charge is 0.356 e. The normalized spacial score (nSPS) is 17.2. The van der Waals surface area contributed by atoms with Crippen LogP contribution in [0.1, 0.15) is 47.9 Å². The Hall–Kier alpha value is -2.22. The van der Waals surface area contributed by atoms with Gasteiger partial charge in [-0.3, -0.25) is 14.5 Å². The van der Waals surface area contributed by atoms with E-state index >= 15 is 0 Å². The van der Waals surface area contributed by atoms with E-state index in [1.165, 1.54) is 0 Å². The van der Waals surface area contributed by atoms with Crippen LogP contribution in [0.25, 0.3) is 0 Å². The number of hydrogen-bond donors (Lipinski definition) is 2. The van der Waals surface area contributed by atoms with Gasteiger partial charge in [0.25, 0.3) is 5.91 Å². The van der Waals surface area contributed by atoms with Crippen molar-refractivity contribution < 1.29 is 4.79 Å². The Morgan fingerprint density at radius 2 is 2.17 bits per heavy atom. The minimum Gasteiger partial charge on any atom is -0.356 e. The summed E-state index contributed by atoms with van der Waals surface area (Å²) in [5.74, 6) is 1.43. The van der Waals surface area contributed by atoms with E-state index < -0.39 is 0 Å². The SMILES string of the molecule is O=C(NCc1n[nH]c(=S)n1C1CC1)c1cccnc1N1CCCC1. The number of nitrogens with one attached hydrogen (secondary N) is 2. The van der Waals surface area contributed by atoms with Crippen molar-refractivity contribution >= 4 is 23.9 Å². The minimum absolute atomic E-state index is 0.124. The molecule has 0 spiro atoms. The third-order valence-electron chi connectivity index (χ3n) is 4.53. The second-order valence-corrected chi connectivity index (χ2v) is 6.68. The molecule has 2 N–H and O–H groups in total. The molecule has 8 heteroatoms. The number of H-pyrrole nitrogens is 1. The summed E-state index contributed by atoms with van der Waals surface area (Å²) in [5.41, 5.74) is 0.617. The Morgan fingerprint density at radius 3 is 2.92 bits per heavy atom. The van der Waals surface area contributed by atoms with Crippen LogP contribution in [0.3, 0.4) is 0 Å². The number of amides is 1. The lowest BCUT2D eigenvalue weighted by Gasteiger charge is -2.19. The first kappa shape index (κ1) is 15.3. The van der Waals surface area contributed by atoms with E-state index in [9.17, 15) is 4.79 Å². The summed E-state index contributed by atoms with van der Waals surface area (Å²) in [4.78, 5) is 19.2. The maximum atomic E-state index is 12.6. The van der Waals surface area contributed by atoms with E-state index in [1.807, 2.05) is 10.6 Å². The third-order valence-corrected chi connectivity index (χ3v) is 4.82. The third kappa shape index (κ3) is 2.93. The molecule has 0 radical (unpaired) electrons. The van der Waals surface area contributed by atoms with Crippen LogP contribution in [0, 0.1) is 4.77 Å². The van der Waals surface area contributed by atoms with Crippen molar-refractivity contribution in [3.8, 4) is 0 Å². The summed E-state index contributed by atoms with van der Waals surface area (Å²) in [5, 5.41) is 10.0. The van der Waals surface area contributed by atoms with Crippen molar-refractivity contribution in [2.75, 3.05) is 18.0 Å². The Bertz CT molecular complexity index is 803. The molecule has 0 unspecified atom stereocenters. The molecule has 1 aliphatic heterocycles. The van der Waals surface area contributed by atoms with Crippen molar-refractivity contribution in [3.05, 3.63) is 34.5 Å². The lowest BCUT2D eigenvalue weighted by atomic mass is 10.2. The molecule has 1 saturated heterocycles. The van der Waals surface area contributed by atoms with Crippen LogP contribution < -0.4 is 10.2 Å². The Balaban J connectivity index is 1.50. The van der Waals surface area contributed by atoms with Crippen LogP contribution in [0.5, 0.6) is 0 Å². The van der Waals surface area contributed by atoms with E-state index in [0.29, 0.717) is 22.9 Å². The molecule has 126 valence electrons. The van der Waals surface area contributed by atoms with Gasteiger partial charge in [-0.15, -0.1) is 0 Å². The number of nitrogens with zero attached hydrogens (tertiary/aromatic N) is 4. The second kappa shape index (κ2) is 6.35. The molecule has 2 aromatic rings. The molecule has 1 amide bonds.